The maximum Gasteiger partial charge on any atom is 0.241 e. The van der Waals surface area contributed by atoms with E-state index in [1.165, 1.54) is 0 Å². The van der Waals surface area contributed by atoms with Crippen molar-refractivity contribution in [3.05, 3.63) is 30.3 Å². The van der Waals surface area contributed by atoms with Crippen molar-refractivity contribution in [2.24, 2.45) is 0 Å². The van der Waals surface area contributed by atoms with E-state index in [2.05, 4.69) is 9.80 Å². The molecule has 2 saturated heterocycles. The molecule has 0 bridgehead atoms. The van der Waals surface area contributed by atoms with E-state index in [9.17, 15) is 4.79 Å². The summed E-state index contributed by atoms with van der Waals surface area (Å²) < 4.78 is 0. The number of likely N-dealkylation sites (N-methyl/N-ethyl adjacent to an activating group) is 1. The molecule has 2 aliphatic heterocycles. The summed E-state index contributed by atoms with van der Waals surface area (Å²) in [6.07, 6.45) is 1.04. The maximum atomic E-state index is 12.4. The van der Waals surface area contributed by atoms with Gasteiger partial charge >= 0.3 is 0 Å². The molecular formula is C16H23N3O2. The van der Waals surface area contributed by atoms with Crippen LogP contribution in [-0.4, -0.2) is 72.7 Å². The first-order chi connectivity index (χ1) is 10.1. The summed E-state index contributed by atoms with van der Waals surface area (Å²) in [6.45, 7) is 4.01. The highest BCUT2D eigenvalue weighted by atomic mass is 16.3. The molecule has 0 aromatic heterocycles. The van der Waals surface area contributed by atoms with Crippen LogP contribution in [0.3, 0.4) is 0 Å². The summed E-state index contributed by atoms with van der Waals surface area (Å²) in [5, 5.41) is 9.13. The van der Waals surface area contributed by atoms with Crippen molar-refractivity contribution in [1.82, 2.24) is 9.80 Å². The van der Waals surface area contributed by atoms with Gasteiger partial charge in [-0.2, -0.15) is 0 Å². The zero-order valence-electron chi connectivity index (χ0n) is 12.5. The zero-order chi connectivity index (χ0) is 14.9. The average Bonchev–Trinajstić information content (AvgIpc) is 2.89. The fourth-order valence-corrected chi connectivity index (χ4v) is 3.52. The van der Waals surface area contributed by atoms with Crippen molar-refractivity contribution in [1.29, 1.82) is 0 Å². The van der Waals surface area contributed by atoms with E-state index in [4.69, 9.17) is 5.11 Å². The van der Waals surface area contributed by atoms with Crippen LogP contribution in [0.2, 0.25) is 0 Å². The molecular weight excluding hydrogens is 266 g/mol. The van der Waals surface area contributed by atoms with E-state index in [0.29, 0.717) is 6.54 Å². The third-order valence-electron chi connectivity index (χ3n) is 4.83. The van der Waals surface area contributed by atoms with Gasteiger partial charge in [0.1, 0.15) is 0 Å². The lowest BCUT2D eigenvalue weighted by Gasteiger charge is -2.47. The Balaban J connectivity index is 1.81. The number of likely N-dealkylation sites (tertiary alicyclic amines) is 1. The fourth-order valence-electron chi connectivity index (χ4n) is 3.52. The number of piperazine rings is 1. The largest absolute Gasteiger partial charge is 0.395 e. The topological polar surface area (TPSA) is 47.0 Å². The summed E-state index contributed by atoms with van der Waals surface area (Å²) >= 11 is 0. The van der Waals surface area contributed by atoms with Gasteiger partial charge in [-0.05, 0) is 25.6 Å². The van der Waals surface area contributed by atoms with E-state index in [1.807, 2.05) is 42.3 Å². The van der Waals surface area contributed by atoms with Gasteiger partial charge in [-0.1, -0.05) is 18.2 Å². The van der Waals surface area contributed by atoms with Gasteiger partial charge in [-0.25, -0.2) is 0 Å². The van der Waals surface area contributed by atoms with Crippen molar-refractivity contribution in [2.45, 2.75) is 12.0 Å². The highest BCUT2D eigenvalue weighted by Crippen LogP contribution is 2.33. The number of hydrogen-bond acceptors (Lipinski definition) is 4. The summed E-state index contributed by atoms with van der Waals surface area (Å²) in [6, 6.07) is 9.91. The smallest absolute Gasteiger partial charge is 0.241 e. The Bertz CT molecular complexity index is 508. The van der Waals surface area contributed by atoms with Gasteiger partial charge in [0.05, 0.1) is 18.7 Å². The van der Waals surface area contributed by atoms with E-state index < -0.39 is 0 Å². The van der Waals surface area contributed by atoms with Gasteiger partial charge in [0.25, 0.3) is 0 Å². The molecule has 0 radical (unpaired) electrons. The van der Waals surface area contributed by atoms with Crippen LogP contribution in [0.15, 0.2) is 30.3 Å². The molecule has 5 nitrogen and oxygen atoms in total. The van der Waals surface area contributed by atoms with Gasteiger partial charge in [0.2, 0.25) is 5.91 Å². The Morgan fingerprint density at radius 3 is 2.71 bits per heavy atom. The molecule has 2 aliphatic rings. The minimum atomic E-state index is 0.0128. The van der Waals surface area contributed by atoms with E-state index in [0.717, 1.165) is 38.3 Å². The molecule has 0 unspecified atom stereocenters. The molecule has 0 aliphatic carbocycles. The summed E-state index contributed by atoms with van der Waals surface area (Å²) in [4.78, 5) is 18.8. The molecule has 1 atom stereocenters. The highest BCUT2D eigenvalue weighted by molar-refractivity contribution is 5.96. The first kappa shape index (κ1) is 14.5. The molecule has 5 heteroatoms. The van der Waals surface area contributed by atoms with E-state index >= 15 is 0 Å². The van der Waals surface area contributed by atoms with Crippen LogP contribution in [-0.2, 0) is 4.79 Å². The maximum absolute atomic E-state index is 12.4. The summed E-state index contributed by atoms with van der Waals surface area (Å²) in [7, 11) is 2.04. The molecule has 21 heavy (non-hydrogen) atoms. The Kier molecular flexibility index (Phi) is 3.97. The molecule has 1 spiro atoms. The monoisotopic (exact) mass is 289 g/mol. The number of benzene rings is 1. The molecule has 2 heterocycles. The van der Waals surface area contributed by atoms with Crippen molar-refractivity contribution in [3.8, 4) is 0 Å². The summed E-state index contributed by atoms with van der Waals surface area (Å²) in [5.41, 5.74) is 0.995. The van der Waals surface area contributed by atoms with Crippen molar-refractivity contribution >= 4 is 11.6 Å². The van der Waals surface area contributed by atoms with Crippen molar-refractivity contribution < 1.29 is 9.90 Å². The number of amides is 1. The fraction of sp³-hybridized carbons (Fsp3) is 0.562. The molecule has 1 N–H and O–H groups in total. The number of carbonyl (C=O) groups excluding carboxylic acids is 1. The minimum Gasteiger partial charge on any atom is -0.395 e. The Morgan fingerprint density at radius 1 is 1.24 bits per heavy atom. The van der Waals surface area contributed by atoms with Gasteiger partial charge in [0.15, 0.2) is 0 Å². The van der Waals surface area contributed by atoms with Gasteiger partial charge in [-0.15, -0.1) is 0 Å². The second-order valence-electron chi connectivity index (χ2n) is 6.15. The number of aliphatic hydroxyl groups excluding tert-OH is 1. The first-order valence-corrected chi connectivity index (χ1v) is 7.54. The average molecular weight is 289 g/mol. The molecule has 3 rings (SSSR count). The Labute approximate surface area is 125 Å². The zero-order valence-corrected chi connectivity index (χ0v) is 12.5. The van der Waals surface area contributed by atoms with Crippen molar-refractivity contribution in [2.75, 3.05) is 51.3 Å². The summed E-state index contributed by atoms with van der Waals surface area (Å²) in [5.74, 6) is 0.162. The lowest BCUT2D eigenvalue weighted by atomic mass is 9.92. The Morgan fingerprint density at radius 2 is 2.00 bits per heavy atom. The molecule has 1 aromatic rings. The van der Waals surface area contributed by atoms with Gasteiger partial charge in [-0.3, -0.25) is 14.6 Å². The van der Waals surface area contributed by atoms with Crippen LogP contribution in [0.5, 0.6) is 0 Å². The van der Waals surface area contributed by atoms with E-state index in [-0.39, 0.29) is 18.1 Å². The standard InChI is InChI=1S/C16H23N3O2/c1-17-11-15(21)19(14-5-3-2-4-6-14)13-16(17)7-8-18(12-16)9-10-20/h2-6,20H,7-13H2,1H3/t16-/m0/s1. The molecule has 1 amide bonds. The van der Waals surface area contributed by atoms with Gasteiger partial charge < -0.3 is 10.0 Å². The van der Waals surface area contributed by atoms with Crippen LogP contribution in [0, 0.1) is 0 Å². The SMILES string of the molecule is CN1CC(=O)N(c2ccccc2)C[C@@]12CCN(CCO)C2. The van der Waals surface area contributed by atoms with Crippen LogP contribution < -0.4 is 4.90 Å². The number of β-amino-alcohol motifs (C(OH)–C–C–N with tert-alkyl or cyclic N) is 1. The lowest BCUT2D eigenvalue weighted by Crippen LogP contribution is -2.64. The number of aliphatic hydroxyl groups is 1. The molecule has 114 valence electrons. The predicted octanol–water partition coefficient (Wildman–Crippen LogP) is 0.402. The normalized spacial score (nSPS) is 27.7. The predicted molar refractivity (Wildman–Crippen MR) is 82.3 cm³/mol. The number of nitrogens with zero attached hydrogens (tertiary/aromatic N) is 3. The number of carbonyl (C=O) groups is 1. The number of hydrogen-bond donors (Lipinski definition) is 1. The third-order valence-corrected chi connectivity index (χ3v) is 4.83. The molecule has 1 aromatic carbocycles. The molecule has 2 fully saturated rings. The number of anilines is 1. The van der Waals surface area contributed by atoms with Crippen LogP contribution in [0.4, 0.5) is 5.69 Å². The van der Waals surface area contributed by atoms with Gasteiger partial charge in [0, 0.05) is 31.9 Å². The van der Waals surface area contributed by atoms with Crippen LogP contribution >= 0.6 is 0 Å². The molecule has 0 saturated carbocycles. The minimum absolute atomic E-state index is 0.0128. The first-order valence-electron chi connectivity index (χ1n) is 7.54. The van der Waals surface area contributed by atoms with E-state index in [1.54, 1.807) is 0 Å². The number of para-hydroxylation sites is 1. The second kappa shape index (κ2) is 5.75. The van der Waals surface area contributed by atoms with Crippen LogP contribution in [0.1, 0.15) is 6.42 Å². The quantitative estimate of drug-likeness (QED) is 0.875. The highest BCUT2D eigenvalue weighted by Gasteiger charge is 2.47. The lowest BCUT2D eigenvalue weighted by molar-refractivity contribution is -0.123. The number of rotatable bonds is 3. The Hall–Kier alpha value is -1.43. The van der Waals surface area contributed by atoms with Crippen molar-refractivity contribution in [3.63, 3.8) is 0 Å². The van der Waals surface area contributed by atoms with Crippen LogP contribution in [0.25, 0.3) is 0 Å². The second-order valence-corrected chi connectivity index (χ2v) is 6.15. The third kappa shape index (κ3) is 2.69.